The van der Waals surface area contributed by atoms with Gasteiger partial charge in [0.2, 0.25) is 0 Å². The molecule has 2 N–H and O–H groups in total. The number of alkyl halides is 3. The summed E-state index contributed by atoms with van der Waals surface area (Å²) in [7, 11) is 0. The molecule has 2 aromatic carbocycles. The molecule has 0 aliphatic rings. The number of hydrogen-bond acceptors (Lipinski definition) is 2. The lowest BCUT2D eigenvalue weighted by molar-refractivity contribution is -0.137. The number of hydrogen-bond donors (Lipinski definition) is 2. The Bertz CT molecular complexity index is 720. The first kappa shape index (κ1) is 18.5. The maximum absolute atomic E-state index is 12.6. The largest absolute Gasteiger partial charge is 0.416 e. The van der Waals surface area contributed by atoms with Gasteiger partial charge in [0.05, 0.1) is 10.6 Å². The molecule has 0 unspecified atom stereocenters. The zero-order chi connectivity index (χ0) is 17.7. The van der Waals surface area contributed by atoms with Gasteiger partial charge in [-0.3, -0.25) is 0 Å². The molecular weight excluding hydrogens is 361 g/mol. The van der Waals surface area contributed by atoms with E-state index in [2.05, 4.69) is 10.6 Å². The van der Waals surface area contributed by atoms with Crippen molar-refractivity contribution in [2.75, 3.05) is 11.9 Å². The maximum atomic E-state index is 12.6. The highest BCUT2D eigenvalue weighted by Crippen LogP contribution is 2.38. The topological polar surface area (TPSA) is 41.1 Å². The first-order valence-corrected chi connectivity index (χ1v) is 8.18. The van der Waals surface area contributed by atoms with Crippen LogP contribution in [0.2, 0.25) is 5.02 Å². The van der Waals surface area contributed by atoms with E-state index < -0.39 is 11.7 Å². The molecule has 24 heavy (non-hydrogen) atoms. The number of urea groups is 1. The molecular formula is C16H14ClF3N2OS. The van der Waals surface area contributed by atoms with Crippen molar-refractivity contribution in [1.29, 1.82) is 0 Å². The quantitative estimate of drug-likeness (QED) is 0.725. The van der Waals surface area contributed by atoms with E-state index in [0.29, 0.717) is 17.1 Å². The number of rotatable bonds is 4. The highest BCUT2D eigenvalue weighted by molar-refractivity contribution is 7.99. The molecule has 0 fully saturated rings. The van der Waals surface area contributed by atoms with Crippen LogP contribution in [0.25, 0.3) is 0 Å². The zero-order valence-corrected chi connectivity index (χ0v) is 14.1. The third-order valence-corrected chi connectivity index (χ3v) is 4.45. The van der Waals surface area contributed by atoms with Crippen LogP contribution in [0.15, 0.2) is 52.3 Å². The van der Waals surface area contributed by atoms with E-state index in [4.69, 9.17) is 11.6 Å². The average Bonchev–Trinajstić information content (AvgIpc) is 2.50. The predicted molar refractivity (Wildman–Crippen MR) is 89.7 cm³/mol. The lowest BCUT2D eigenvalue weighted by Crippen LogP contribution is -2.28. The number of carbonyl (C=O) groups excluding carboxylic acids is 1. The fraction of sp³-hybridized carbons (Fsp3) is 0.188. The van der Waals surface area contributed by atoms with Gasteiger partial charge in [-0.15, -0.1) is 0 Å². The molecule has 3 nitrogen and oxygen atoms in total. The predicted octanol–water partition coefficient (Wildman–Crippen LogP) is 5.65. The van der Waals surface area contributed by atoms with Crippen molar-refractivity contribution in [3.8, 4) is 0 Å². The van der Waals surface area contributed by atoms with Crippen LogP contribution in [0.5, 0.6) is 0 Å². The second-order valence-corrected chi connectivity index (χ2v) is 6.28. The van der Waals surface area contributed by atoms with Gasteiger partial charge >= 0.3 is 12.2 Å². The molecule has 0 saturated heterocycles. The standard InChI is InChI=1S/C16H14ClF3N2OS/c1-2-21-15(23)22-11-4-6-12(7-5-11)24-14-8-3-10(9-13(14)17)16(18,19)20/h3-9H,2H2,1H3,(H2,21,22,23). The Morgan fingerprint density at radius 2 is 1.83 bits per heavy atom. The number of carbonyl (C=O) groups is 1. The number of amides is 2. The smallest absolute Gasteiger partial charge is 0.338 e. The molecule has 0 aromatic heterocycles. The Hall–Kier alpha value is -1.86. The van der Waals surface area contributed by atoms with E-state index in [9.17, 15) is 18.0 Å². The SMILES string of the molecule is CCNC(=O)Nc1ccc(Sc2ccc(C(F)(F)F)cc2Cl)cc1. The monoisotopic (exact) mass is 374 g/mol. The Balaban J connectivity index is 2.07. The molecule has 8 heteroatoms. The fourth-order valence-electron chi connectivity index (χ4n) is 1.83. The van der Waals surface area contributed by atoms with Gasteiger partial charge in [0, 0.05) is 22.0 Å². The summed E-state index contributed by atoms with van der Waals surface area (Å²) in [5, 5.41) is 5.31. The first-order valence-electron chi connectivity index (χ1n) is 6.99. The summed E-state index contributed by atoms with van der Waals surface area (Å²) < 4.78 is 37.9. The normalized spacial score (nSPS) is 11.2. The number of anilines is 1. The zero-order valence-electron chi connectivity index (χ0n) is 12.6. The molecule has 2 aromatic rings. The molecule has 0 bridgehead atoms. The molecule has 128 valence electrons. The summed E-state index contributed by atoms with van der Waals surface area (Å²) in [5.74, 6) is 0. The van der Waals surface area contributed by atoms with Gasteiger partial charge in [0.25, 0.3) is 0 Å². The minimum absolute atomic E-state index is 0.0411. The summed E-state index contributed by atoms with van der Waals surface area (Å²) in [6.07, 6.45) is -4.42. The van der Waals surface area contributed by atoms with Gasteiger partial charge in [-0.25, -0.2) is 4.79 Å². The van der Waals surface area contributed by atoms with Gasteiger partial charge in [0.15, 0.2) is 0 Å². The van der Waals surface area contributed by atoms with Crippen molar-refractivity contribution in [3.63, 3.8) is 0 Å². The van der Waals surface area contributed by atoms with Crippen LogP contribution in [0.4, 0.5) is 23.7 Å². The van der Waals surface area contributed by atoms with Crippen LogP contribution in [0.3, 0.4) is 0 Å². The molecule has 2 amide bonds. The van der Waals surface area contributed by atoms with Crippen LogP contribution in [-0.4, -0.2) is 12.6 Å². The van der Waals surface area contributed by atoms with Crippen molar-refractivity contribution in [2.24, 2.45) is 0 Å². The molecule has 0 heterocycles. The molecule has 0 atom stereocenters. The Morgan fingerprint density at radius 1 is 1.17 bits per heavy atom. The van der Waals surface area contributed by atoms with Gasteiger partial charge in [-0.05, 0) is 49.4 Å². The minimum Gasteiger partial charge on any atom is -0.338 e. The summed E-state index contributed by atoms with van der Waals surface area (Å²) in [6, 6.07) is 9.86. The highest BCUT2D eigenvalue weighted by Gasteiger charge is 2.30. The summed E-state index contributed by atoms with van der Waals surface area (Å²) in [5.41, 5.74) is -0.165. The van der Waals surface area contributed by atoms with Crippen LogP contribution in [0.1, 0.15) is 12.5 Å². The van der Waals surface area contributed by atoms with Crippen LogP contribution in [0, 0.1) is 0 Å². The fourth-order valence-corrected chi connectivity index (χ4v) is 2.94. The van der Waals surface area contributed by atoms with Gasteiger partial charge in [0.1, 0.15) is 0 Å². The van der Waals surface area contributed by atoms with E-state index in [0.717, 1.165) is 17.0 Å². The lowest BCUT2D eigenvalue weighted by atomic mass is 10.2. The van der Waals surface area contributed by atoms with Crippen LogP contribution >= 0.6 is 23.4 Å². The van der Waals surface area contributed by atoms with Gasteiger partial charge in [-0.2, -0.15) is 13.2 Å². The van der Waals surface area contributed by atoms with E-state index in [-0.39, 0.29) is 11.1 Å². The molecule has 0 saturated carbocycles. The van der Waals surface area contributed by atoms with E-state index in [1.807, 2.05) is 6.92 Å². The first-order chi connectivity index (χ1) is 11.3. The van der Waals surface area contributed by atoms with Crippen molar-refractivity contribution in [3.05, 3.63) is 53.1 Å². The van der Waals surface area contributed by atoms with E-state index in [1.165, 1.54) is 17.8 Å². The van der Waals surface area contributed by atoms with Gasteiger partial charge in [-0.1, -0.05) is 23.4 Å². The minimum atomic E-state index is -4.42. The van der Waals surface area contributed by atoms with Crippen molar-refractivity contribution < 1.29 is 18.0 Å². The Morgan fingerprint density at radius 3 is 2.38 bits per heavy atom. The lowest BCUT2D eigenvalue weighted by Gasteiger charge is -2.10. The molecule has 0 spiro atoms. The molecule has 2 rings (SSSR count). The summed E-state index contributed by atoms with van der Waals surface area (Å²) in [6.45, 7) is 2.33. The van der Waals surface area contributed by atoms with E-state index >= 15 is 0 Å². The molecule has 0 radical (unpaired) electrons. The second kappa shape index (κ2) is 7.81. The molecule has 0 aliphatic carbocycles. The third-order valence-electron chi connectivity index (χ3n) is 2.94. The third kappa shape index (κ3) is 5.07. The average molecular weight is 375 g/mol. The highest BCUT2D eigenvalue weighted by atomic mass is 35.5. The Labute approximate surface area is 146 Å². The van der Waals surface area contributed by atoms with Crippen LogP contribution in [-0.2, 0) is 6.18 Å². The van der Waals surface area contributed by atoms with Crippen LogP contribution < -0.4 is 10.6 Å². The number of halogens is 4. The van der Waals surface area contributed by atoms with Gasteiger partial charge < -0.3 is 10.6 Å². The van der Waals surface area contributed by atoms with Crippen molar-refractivity contribution >= 4 is 35.1 Å². The second-order valence-electron chi connectivity index (χ2n) is 4.75. The summed E-state index contributed by atoms with van der Waals surface area (Å²) >= 11 is 7.18. The van der Waals surface area contributed by atoms with E-state index in [1.54, 1.807) is 24.3 Å². The summed E-state index contributed by atoms with van der Waals surface area (Å²) in [4.78, 5) is 12.7. The number of benzene rings is 2. The number of nitrogens with one attached hydrogen (secondary N) is 2. The Kier molecular flexibility index (Phi) is 6.01. The maximum Gasteiger partial charge on any atom is 0.416 e. The molecule has 0 aliphatic heterocycles. The van der Waals surface area contributed by atoms with Crippen molar-refractivity contribution in [1.82, 2.24) is 5.32 Å². The van der Waals surface area contributed by atoms with Crippen molar-refractivity contribution in [2.45, 2.75) is 22.9 Å².